The highest BCUT2D eigenvalue weighted by Crippen LogP contribution is 2.10. The van der Waals surface area contributed by atoms with Gasteiger partial charge >= 0.3 is 0 Å². The molecule has 0 unspecified atom stereocenters. The Hall–Kier alpha value is -0.920. The highest BCUT2D eigenvalue weighted by atomic mass is 16.3. The van der Waals surface area contributed by atoms with Gasteiger partial charge in [-0.2, -0.15) is 0 Å². The molecule has 0 saturated carbocycles. The Balaban J connectivity index is 2.41. The molecule has 0 amide bonds. The fourth-order valence-corrected chi connectivity index (χ4v) is 1.02. The van der Waals surface area contributed by atoms with Crippen molar-refractivity contribution < 1.29 is 4.42 Å². The van der Waals surface area contributed by atoms with Gasteiger partial charge in [0.05, 0.1) is 12.0 Å². The average molecular weight is 152 g/mol. The molecule has 0 fully saturated rings. The van der Waals surface area contributed by atoms with Crippen molar-refractivity contribution in [3.63, 3.8) is 0 Å². The molecule has 1 radical (unpaired) electrons. The molecule has 0 spiro atoms. The monoisotopic (exact) mass is 152 g/mol. The van der Waals surface area contributed by atoms with E-state index < -0.39 is 0 Å². The van der Waals surface area contributed by atoms with Crippen LogP contribution in [0, 0.1) is 6.26 Å². The van der Waals surface area contributed by atoms with Crippen molar-refractivity contribution in [3.05, 3.63) is 18.6 Å². The van der Waals surface area contributed by atoms with Crippen LogP contribution in [0.3, 0.4) is 0 Å². The number of hydrogen-bond donors (Lipinski definition) is 1. The van der Waals surface area contributed by atoms with Crippen LogP contribution >= 0.6 is 0 Å². The van der Waals surface area contributed by atoms with E-state index in [1.54, 1.807) is 6.26 Å². The van der Waals surface area contributed by atoms with E-state index in [4.69, 9.17) is 4.42 Å². The first-order valence-corrected chi connectivity index (χ1v) is 4.08. The fraction of sp³-hybridized carbons (Fsp3) is 0.556. The zero-order valence-corrected chi connectivity index (χ0v) is 7.05. The van der Waals surface area contributed by atoms with Gasteiger partial charge in [0.15, 0.2) is 6.26 Å². The van der Waals surface area contributed by atoms with Gasteiger partial charge in [-0.1, -0.05) is 13.8 Å². The fourth-order valence-electron chi connectivity index (χ4n) is 1.02. The molecular weight excluding hydrogens is 138 g/mol. The van der Waals surface area contributed by atoms with Crippen molar-refractivity contribution >= 4 is 5.69 Å². The highest BCUT2D eigenvalue weighted by Gasteiger charge is 2.02. The van der Waals surface area contributed by atoms with Crippen LogP contribution < -0.4 is 5.32 Å². The Morgan fingerprint density at radius 1 is 1.55 bits per heavy atom. The maximum atomic E-state index is 4.82. The minimum Gasteiger partial charge on any atom is -0.459 e. The summed E-state index contributed by atoms with van der Waals surface area (Å²) in [6, 6.07) is 2.43. The number of hydrogen-bond acceptors (Lipinski definition) is 2. The van der Waals surface area contributed by atoms with E-state index in [-0.39, 0.29) is 0 Å². The summed E-state index contributed by atoms with van der Waals surface area (Å²) >= 11 is 0. The van der Waals surface area contributed by atoms with Crippen LogP contribution in [-0.4, -0.2) is 6.04 Å². The van der Waals surface area contributed by atoms with E-state index in [0.717, 1.165) is 18.5 Å². The quantitative estimate of drug-likeness (QED) is 0.717. The van der Waals surface area contributed by atoms with Crippen LogP contribution in [0.25, 0.3) is 0 Å². The van der Waals surface area contributed by atoms with Gasteiger partial charge in [0, 0.05) is 12.1 Å². The molecule has 0 atom stereocenters. The number of furan rings is 1. The number of anilines is 1. The molecular formula is C9H14NO. The lowest BCUT2D eigenvalue weighted by Gasteiger charge is -2.13. The third kappa shape index (κ3) is 2.30. The van der Waals surface area contributed by atoms with Gasteiger partial charge in [-0.05, 0) is 12.8 Å². The van der Waals surface area contributed by atoms with E-state index in [1.165, 1.54) is 0 Å². The van der Waals surface area contributed by atoms with Gasteiger partial charge in [-0.15, -0.1) is 0 Å². The summed E-state index contributed by atoms with van der Waals surface area (Å²) in [5.74, 6) is 0. The zero-order valence-electron chi connectivity index (χ0n) is 7.05. The maximum Gasteiger partial charge on any atom is 0.194 e. The van der Waals surface area contributed by atoms with Crippen molar-refractivity contribution in [2.75, 3.05) is 5.32 Å². The van der Waals surface area contributed by atoms with Gasteiger partial charge in [0.25, 0.3) is 0 Å². The topological polar surface area (TPSA) is 25.2 Å². The molecule has 1 N–H and O–H groups in total. The molecule has 2 heteroatoms. The molecule has 0 saturated heterocycles. The van der Waals surface area contributed by atoms with Crippen molar-refractivity contribution in [1.29, 1.82) is 0 Å². The van der Waals surface area contributed by atoms with Crippen molar-refractivity contribution in [2.45, 2.75) is 32.7 Å². The van der Waals surface area contributed by atoms with E-state index >= 15 is 0 Å². The van der Waals surface area contributed by atoms with Crippen LogP contribution in [-0.2, 0) is 0 Å². The summed E-state index contributed by atoms with van der Waals surface area (Å²) in [5, 5.41) is 3.31. The maximum absolute atomic E-state index is 4.82. The Morgan fingerprint density at radius 3 is 2.73 bits per heavy atom. The molecule has 0 aliphatic rings. The van der Waals surface area contributed by atoms with E-state index in [0.29, 0.717) is 6.04 Å². The molecule has 0 bridgehead atoms. The summed E-state index contributed by atoms with van der Waals surface area (Å²) in [6.45, 7) is 4.34. The second-order valence-electron chi connectivity index (χ2n) is 2.59. The Bertz CT molecular complexity index is 177. The molecule has 1 heterocycles. The zero-order chi connectivity index (χ0) is 8.10. The van der Waals surface area contributed by atoms with E-state index in [2.05, 4.69) is 25.4 Å². The largest absolute Gasteiger partial charge is 0.459 e. The van der Waals surface area contributed by atoms with E-state index in [9.17, 15) is 0 Å². The normalized spacial score (nSPS) is 10.5. The third-order valence-electron chi connectivity index (χ3n) is 1.82. The van der Waals surface area contributed by atoms with Crippen LogP contribution in [0.15, 0.2) is 16.7 Å². The van der Waals surface area contributed by atoms with Gasteiger partial charge in [-0.3, -0.25) is 0 Å². The van der Waals surface area contributed by atoms with Gasteiger partial charge < -0.3 is 9.73 Å². The molecule has 1 rings (SSSR count). The second-order valence-corrected chi connectivity index (χ2v) is 2.59. The first-order chi connectivity index (χ1) is 5.36. The SMILES string of the molecule is CCC(CC)Nc1[c]occ1. The Morgan fingerprint density at radius 2 is 2.27 bits per heavy atom. The highest BCUT2D eigenvalue weighted by molar-refractivity contribution is 5.38. The van der Waals surface area contributed by atoms with Crippen molar-refractivity contribution in [3.8, 4) is 0 Å². The molecule has 11 heavy (non-hydrogen) atoms. The molecule has 0 aliphatic heterocycles. The molecule has 2 nitrogen and oxygen atoms in total. The lowest BCUT2D eigenvalue weighted by Crippen LogP contribution is -2.16. The third-order valence-corrected chi connectivity index (χ3v) is 1.82. The number of nitrogens with one attached hydrogen (secondary N) is 1. The minimum absolute atomic E-state index is 0.545. The minimum atomic E-state index is 0.545. The van der Waals surface area contributed by atoms with Gasteiger partial charge in [0.1, 0.15) is 0 Å². The van der Waals surface area contributed by atoms with Crippen LogP contribution in [0.5, 0.6) is 0 Å². The predicted octanol–water partition coefficient (Wildman–Crippen LogP) is 2.68. The summed E-state index contributed by atoms with van der Waals surface area (Å²) < 4.78 is 4.82. The summed E-state index contributed by atoms with van der Waals surface area (Å²) in [5.41, 5.74) is 0.957. The first-order valence-electron chi connectivity index (χ1n) is 4.08. The van der Waals surface area contributed by atoms with Crippen LogP contribution in [0.1, 0.15) is 26.7 Å². The van der Waals surface area contributed by atoms with Crippen molar-refractivity contribution in [1.82, 2.24) is 0 Å². The average Bonchev–Trinajstić information content (AvgIpc) is 2.52. The lowest BCUT2D eigenvalue weighted by molar-refractivity contribution is 0.557. The molecule has 1 aromatic heterocycles. The van der Waals surface area contributed by atoms with Crippen molar-refractivity contribution in [2.24, 2.45) is 0 Å². The summed E-state index contributed by atoms with van der Waals surface area (Å²) in [6.07, 6.45) is 6.65. The van der Waals surface area contributed by atoms with Gasteiger partial charge in [0.2, 0.25) is 0 Å². The van der Waals surface area contributed by atoms with Crippen LogP contribution in [0.2, 0.25) is 0 Å². The molecule has 61 valence electrons. The smallest absolute Gasteiger partial charge is 0.194 e. The molecule has 0 aromatic carbocycles. The van der Waals surface area contributed by atoms with Gasteiger partial charge in [-0.25, -0.2) is 0 Å². The van der Waals surface area contributed by atoms with Crippen LogP contribution in [0.4, 0.5) is 5.69 Å². The Labute approximate surface area is 67.6 Å². The summed E-state index contributed by atoms with van der Waals surface area (Å²) in [4.78, 5) is 0. The lowest BCUT2D eigenvalue weighted by atomic mass is 10.2. The second kappa shape index (κ2) is 4.06. The standard InChI is InChI=1S/C9H14NO/c1-3-8(4-2)10-9-5-6-11-7-9/h5-6,8,10H,3-4H2,1-2H3. The summed E-state index contributed by atoms with van der Waals surface area (Å²) in [7, 11) is 0. The first kappa shape index (κ1) is 8.18. The molecule has 1 aromatic rings. The number of rotatable bonds is 4. The van der Waals surface area contributed by atoms with E-state index in [1.807, 2.05) is 6.07 Å². The predicted molar refractivity (Wildman–Crippen MR) is 45.5 cm³/mol. The molecule has 0 aliphatic carbocycles. The Kier molecular flexibility index (Phi) is 3.02.